The van der Waals surface area contributed by atoms with Crippen molar-refractivity contribution in [3.05, 3.63) is 48.1 Å². The Hall–Kier alpha value is -0.274. The van der Waals surface area contributed by atoms with Crippen LogP contribution in [-0.2, 0) is 0 Å². The molecule has 0 bridgehead atoms. The summed E-state index contributed by atoms with van der Waals surface area (Å²) in [4.78, 5) is 0. The zero-order valence-corrected chi connectivity index (χ0v) is 10.4. The Morgan fingerprint density at radius 1 is 1.29 bits per heavy atom. The molecule has 0 saturated carbocycles. The lowest BCUT2D eigenvalue weighted by Gasteiger charge is -2.34. The van der Waals surface area contributed by atoms with E-state index in [-0.39, 0.29) is 20.4 Å². The molecule has 0 N–H and O–H groups in total. The Kier molecular flexibility index (Phi) is 2.98. The highest BCUT2D eigenvalue weighted by Gasteiger charge is 2.37. The molecule has 2 aliphatic rings. The fraction of sp³-hybridized carbons (Fsp3) is 0.385. The molecular weight excluding hydrogens is 180 g/mol. The molecule has 2 aliphatic carbocycles. The van der Waals surface area contributed by atoms with E-state index in [0.29, 0.717) is 9.46 Å². The normalized spacial score (nSPS) is 29.7. The average molecular weight is 197 g/mol. The van der Waals surface area contributed by atoms with Crippen LogP contribution in [0.25, 0.3) is 0 Å². The van der Waals surface area contributed by atoms with Crippen molar-refractivity contribution in [2.75, 3.05) is 0 Å². The molecule has 0 aromatic rings. The molecule has 0 saturated heterocycles. The summed E-state index contributed by atoms with van der Waals surface area (Å²) in [6, 6.07) is 0. The molecule has 1 atom stereocenters. The molecule has 0 amide bonds. The first kappa shape index (κ1) is 10.3. The minimum absolute atomic E-state index is 0.0432. The Balaban J connectivity index is 2.31. The van der Waals surface area contributed by atoms with Crippen molar-refractivity contribution in [3.8, 4) is 0 Å². The number of rotatable bonds is 3. The molecule has 0 nitrogen and oxygen atoms in total. The van der Waals surface area contributed by atoms with E-state index in [4.69, 9.17) is 0 Å². The quantitative estimate of drug-likeness (QED) is 0.606. The van der Waals surface area contributed by atoms with Crippen molar-refractivity contribution in [3.63, 3.8) is 0 Å². The van der Waals surface area contributed by atoms with Gasteiger partial charge < -0.3 is 0 Å². The van der Waals surface area contributed by atoms with Crippen LogP contribution in [0.4, 0.5) is 0 Å². The predicted octanol–water partition coefficient (Wildman–Crippen LogP) is 3.55. The third-order valence-electron chi connectivity index (χ3n) is 3.48. The van der Waals surface area contributed by atoms with Crippen molar-refractivity contribution < 1.29 is 0 Å². The van der Waals surface area contributed by atoms with Gasteiger partial charge in [0.15, 0.2) is 0 Å². The van der Waals surface area contributed by atoms with Gasteiger partial charge in [-0.3, -0.25) is 0 Å². The van der Waals surface area contributed by atoms with Crippen LogP contribution < -0.4 is 0 Å². The van der Waals surface area contributed by atoms with Gasteiger partial charge in [0, 0.05) is 0 Å². The molecule has 0 fully saturated rings. The minimum atomic E-state index is -0.0432. The van der Waals surface area contributed by atoms with E-state index in [2.05, 4.69) is 56.4 Å². The summed E-state index contributed by atoms with van der Waals surface area (Å²) in [5.74, 6) is 0.643. The lowest BCUT2D eigenvalue weighted by Crippen LogP contribution is -2.24. The van der Waals surface area contributed by atoms with Gasteiger partial charge in [-0.1, -0.05) is 58.6 Å². The fourth-order valence-corrected chi connectivity index (χ4v) is 4.91. The van der Waals surface area contributed by atoms with Gasteiger partial charge in [-0.25, -0.2) is 0 Å². The standard InChI is InChI=1S/C11H11.C2H5.Mg/c1-9-5-4-8-11(9)10-6-2-3-7-10;1-2;/h2-8,10H,1H3;1H2,2H3;. The molecule has 0 aliphatic heterocycles. The number of allylic oxidation sites excluding steroid dienone is 8. The third-order valence-corrected chi connectivity index (χ3v) is 6.07. The molecular formula is C13H16Mg. The largest absolute Gasteiger partial charge is 0.387 e. The molecule has 1 heteroatoms. The summed E-state index contributed by atoms with van der Waals surface area (Å²) >= 11 is -0.0432. The molecule has 2 rings (SSSR count). The zero-order valence-electron chi connectivity index (χ0n) is 9.03. The first-order valence-corrected chi connectivity index (χ1v) is 7.22. The smallest absolute Gasteiger partial charge is 0.146 e. The second-order valence-corrected chi connectivity index (χ2v) is 6.96. The predicted molar refractivity (Wildman–Crippen MR) is 63.6 cm³/mol. The molecule has 0 heterocycles. The van der Waals surface area contributed by atoms with Gasteiger partial charge in [-0.05, 0) is 12.8 Å². The maximum Gasteiger partial charge on any atom is 0.387 e. The van der Waals surface area contributed by atoms with E-state index in [1.54, 1.807) is 5.57 Å². The van der Waals surface area contributed by atoms with Gasteiger partial charge >= 0.3 is 20.4 Å². The summed E-state index contributed by atoms with van der Waals surface area (Å²) in [5.41, 5.74) is 1.58. The van der Waals surface area contributed by atoms with Crippen LogP contribution in [-0.4, -0.2) is 20.4 Å². The first-order valence-electron chi connectivity index (χ1n) is 5.51. The highest BCUT2D eigenvalue weighted by Crippen LogP contribution is 2.50. The molecule has 1 unspecified atom stereocenters. The summed E-state index contributed by atoms with van der Waals surface area (Å²) in [5, 5.41) is 0. The summed E-state index contributed by atoms with van der Waals surface area (Å²) in [6.45, 7) is 4.62. The molecule has 0 spiro atoms. The Morgan fingerprint density at radius 3 is 2.50 bits per heavy atom. The molecule has 0 aromatic heterocycles. The van der Waals surface area contributed by atoms with Crippen molar-refractivity contribution in [2.45, 2.75) is 21.9 Å². The topological polar surface area (TPSA) is 0 Å². The van der Waals surface area contributed by atoms with Crippen molar-refractivity contribution in [1.29, 1.82) is 0 Å². The van der Waals surface area contributed by atoms with E-state index < -0.39 is 0 Å². The van der Waals surface area contributed by atoms with Crippen LogP contribution in [0.15, 0.2) is 48.1 Å². The van der Waals surface area contributed by atoms with Crippen LogP contribution in [0.5, 0.6) is 0 Å². The molecule has 70 valence electrons. The summed E-state index contributed by atoms with van der Waals surface area (Å²) < 4.78 is 1.81. The van der Waals surface area contributed by atoms with Gasteiger partial charge in [-0.2, -0.15) is 0 Å². The first-order chi connectivity index (χ1) is 6.79. The monoisotopic (exact) mass is 196 g/mol. The maximum absolute atomic E-state index is 2.45. The Morgan fingerprint density at radius 2 is 2.00 bits per heavy atom. The minimum Gasteiger partial charge on any atom is -0.146 e. The second kappa shape index (κ2) is 4.07. The van der Waals surface area contributed by atoms with Crippen LogP contribution in [0, 0.1) is 5.92 Å². The number of hydrogen-bond acceptors (Lipinski definition) is 0. The van der Waals surface area contributed by atoms with E-state index >= 15 is 0 Å². The molecule has 14 heavy (non-hydrogen) atoms. The number of hydrogen-bond donors (Lipinski definition) is 0. The summed E-state index contributed by atoms with van der Waals surface area (Å²) in [6.07, 6.45) is 16.1. The van der Waals surface area contributed by atoms with Crippen molar-refractivity contribution >= 4 is 20.4 Å². The van der Waals surface area contributed by atoms with E-state index in [1.807, 2.05) is 0 Å². The Bertz CT molecular complexity index is 321. The highest BCUT2D eigenvalue weighted by molar-refractivity contribution is 6.42. The van der Waals surface area contributed by atoms with Crippen LogP contribution in [0.2, 0.25) is 8.09 Å². The summed E-state index contributed by atoms with van der Waals surface area (Å²) in [7, 11) is 0. The average Bonchev–Trinajstić information content (AvgIpc) is 2.77. The molecule has 0 radical (unpaired) electrons. The third kappa shape index (κ3) is 1.53. The lowest BCUT2D eigenvalue weighted by molar-refractivity contribution is 0.668. The second-order valence-electron chi connectivity index (χ2n) is 4.29. The Labute approximate surface area is 96.2 Å². The van der Waals surface area contributed by atoms with Gasteiger partial charge in [0.25, 0.3) is 0 Å². The van der Waals surface area contributed by atoms with Gasteiger partial charge in [0.2, 0.25) is 0 Å². The van der Waals surface area contributed by atoms with Crippen molar-refractivity contribution in [1.82, 2.24) is 0 Å². The van der Waals surface area contributed by atoms with Gasteiger partial charge in [0.05, 0.1) is 0 Å². The van der Waals surface area contributed by atoms with E-state index in [1.165, 1.54) is 4.55 Å². The van der Waals surface area contributed by atoms with Crippen LogP contribution in [0.3, 0.4) is 0 Å². The van der Waals surface area contributed by atoms with Gasteiger partial charge in [-0.15, -0.1) is 4.55 Å². The fourth-order valence-electron chi connectivity index (χ4n) is 2.66. The van der Waals surface area contributed by atoms with Crippen LogP contribution in [0.1, 0.15) is 13.8 Å². The SMILES string of the molecule is C[CH2][Mg][C]1(C2C=CC=C2)C=CC=C1C. The highest BCUT2D eigenvalue weighted by atomic mass is 24.5. The van der Waals surface area contributed by atoms with Gasteiger partial charge in [0.1, 0.15) is 0 Å². The van der Waals surface area contributed by atoms with Crippen molar-refractivity contribution in [2.24, 2.45) is 5.92 Å². The van der Waals surface area contributed by atoms with E-state index in [9.17, 15) is 0 Å². The van der Waals surface area contributed by atoms with E-state index in [0.717, 1.165) is 0 Å². The molecule has 0 aromatic carbocycles. The maximum atomic E-state index is 2.45. The lowest BCUT2D eigenvalue weighted by atomic mass is 9.88. The zero-order chi connectivity index (χ0) is 10.0. The van der Waals surface area contributed by atoms with Crippen LogP contribution >= 0.6 is 0 Å².